The van der Waals surface area contributed by atoms with Crippen LogP contribution in [0.2, 0.25) is 0 Å². The van der Waals surface area contributed by atoms with Crippen LogP contribution in [0.5, 0.6) is 0 Å². The molecule has 1 aromatic rings. The van der Waals surface area contributed by atoms with E-state index < -0.39 is 0 Å². The molecular weight excluding hydrogens is 202 g/mol. The maximum atomic E-state index is 11.8. The Morgan fingerprint density at radius 3 is 2.69 bits per heavy atom. The van der Waals surface area contributed by atoms with Crippen LogP contribution in [0.4, 0.5) is 0 Å². The fourth-order valence-corrected chi connectivity index (χ4v) is 1.38. The molecule has 0 bridgehead atoms. The number of aliphatic hydroxyl groups is 1. The first-order chi connectivity index (χ1) is 7.57. The summed E-state index contributed by atoms with van der Waals surface area (Å²) >= 11 is 0. The van der Waals surface area contributed by atoms with Crippen LogP contribution in [0, 0.1) is 18.8 Å². The Morgan fingerprint density at radius 2 is 2.12 bits per heavy atom. The molecule has 0 spiro atoms. The topological polar surface area (TPSA) is 40.5 Å². The normalized spacial score (nSPS) is 9.25. The summed E-state index contributed by atoms with van der Waals surface area (Å²) < 4.78 is 0. The quantitative estimate of drug-likeness (QED) is 0.714. The van der Waals surface area contributed by atoms with E-state index in [1.54, 1.807) is 26.2 Å². The lowest BCUT2D eigenvalue weighted by Crippen LogP contribution is -2.22. The zero-order valence-corrected chi connectivity index (χ0v) is 9.74. The van der Waals surface area contributed by atoms with Crippen molar-refractivity contribution in [2.45, 2.75) is 6.92 Å². The Kier molecular flexibility index (Phi) is 4.10. The molecule has 0 aliphatic rings. The molecular formula is C13H15NO2. The van der Waals surface area contributed by atoms with Crippen molar-refractivity contribution in [1.29, 1.82) is 0 Å². The lowest BCUT2D eigenvalue weighted by molar-refractivity contribution is 0.0827. The molecule has 1 aromatic carbocycles. The van der Waals surface area contributed by atoms with Gasteiger partial charge in [-0.15, -0.1) is 0 Å². The molecule has 16 heavy (non-hydrogen) atoms. The molecule has 0 aromatic heterocycles. The summed E-state index contributed by atoms with van der Waals surface area (Å²) in [5, 5.41) is 8.64. The second-order valence-corrected chi connectivity index (χ2v) is 3.64. The minimum atomic E-state index is -0.175. The summed E-state index contributed by atoms with van der Waals surface area (Å²) in [5.41, 5.74) is 2.28. The predicted octanol–water partition coefficient (Wildman–Crippen LogP) is 1.04. The van der Waals surface area contributed by atoms with Crippen molar-refractivity contribution in [3.8, 4) is 11.8 Å². The van der Waals surface area contributed by atoms with Gasteiger partial charge in [-0.1, -0.05) is 17.9 Å². The molecule has 3 heteroatoms. The SMILES string of the molecule is Cc1c(C#CCO)cccc1C(=O)N(C)C. The Balaban J connectivity index is 3.18. The Labute approximate surface area is 95.7 Å². The Bertz CT molecular complexity index is 453. The highest BCUT2D eigenvalue weighted by Gasteiger charge is 2.12. The fourth-order valence-electron chi connectivity index (χ4n) is 1.38. The fraction of sp³-hybridized carbons (Fsp3) is 0.308. The first kappa shape index (κ1) is 12.3. The van der Waals surface area contributed by atoms with E-state index >= 15 is 0 Å². The van der Waals surface area contributed by atoms with Crippen molar-refractivity contribution in [3.63, 3.8) is 0 Å². The third-order valence-corrected chi connectivity index (χ3v) is 2.27. The van der Waals surface area contributed by atoms with Crippen molar-refractivity contribution in [2.75, 3.05) is 20.7 Å². The maximum absolute atomic E-state index is 11.8. The van der Waals surface area contributed by atoms with E-state index in [0.29, 0.717) is 5.56 Å². The number of amides is 1. The van der Waals surface area contributed by atoms with Gasteiger partial charge in [0.15, 0.2) is 0 Å². The number of hydrogen-bond acceptors (Lipinski definition) is 2. The van der Waals surface area contributed by atoms with E-state index in [1.807, 2.05) is 13.0 Å². The van der Waals surface area contributed by atoms with Gasteiger partial charge in [0.25, 0.3) is 5.91 Å². The smallest absolute Gasteiger partial charge is 0.253 e. The van der Waals surface area contributed by atoms with Crippen LogP contribution < -0.4 is 0 Å². The van der Waals surface area contributed by atoms with E-state index in [-0.39, 0.29) is 12.5 Å². The highest BCUT2D eigenvalue weighted by Crippen LogP contribution is 2.14. The zero-order valence-electron chi connectivity index (χ0n) is 9.74. The minimum Gasteiger partial charge on any atom is -0.384 e. The van der Waals surface area contributed by atoms with Crippen LogP contribution in [0.3, 0.4) is 0 Å². The lowest BCUT2D eigenvalue weighted by atomic mass is 10.0. The monoisotopic (exact) mass is 217 g/mol. The number of hydrogen-bond donors (Lipinski definition) is 1. The largest absolute Gasteiger partial charge is 0.384 e. The van der Waals surface area contributed by atoms with Gasteiger partial charge in [0.2, 0.25) is 0 Å². The summed E-state index contributed by atoms with van der Waals surface area (Å²) in [6.07, 6.45) is 0. The number of aliphatic hydroxyl groups excluding tert-OH is 1. The average Bonchev–Trinajstić information content (AvgIpc) is 2.26. The molecule has 0 saturated heterocycles. The standard InChI is InChI=1S/C13H15NO2/c1-10-11(7-5-9-15)6-4-8-12(10)13(16)14(2)3/h4,6,8,15H,9H2,1-3H3. The number of benzene rings is 1. The molecule has 1 rings (SSSR count). The van der Waals surface area contributed by atoms with Gasteiger partial charge in [0.05, 0.1) is 0 Å². The summed E-state index contributed by atoms with van der Waals surface area (Å²) in [6, 6.07) is 5.41. The highest BCUT2D eigenvalue weighted by molar-refractivity contribution is 5.95. The molecule has 0 fully saturated rings. The van der Waals surface area contributed by atoms with Crippen molar-refractivity contribution < 1.29 is 9.90 Å². The summed E-state index contributed by atoms with van der Waals surface area (Å²) in [6.45, 7) is 1.68. The molecule has 0 unspecified atom stereocenters. The van der Waals surface area contributed by atoms with Crippen molar-refractivity contribution in [2.24, 2.45) is 0 Å². The number of rotatable bonds is 1. The van der Waals surface area contributed by atoms with Crippen LogP contribution in [0.1, 0.15) is 21.5 Å². The zero-order chi connectivity index (χ0) is 12.1. The van der Waals surface area contributed by atoms with E-state index in [9.17, 15) is 4.79 Å². The minimum absolute atomic E-state index is 0.0369. The first-order valence-electron chi connectivity index (χ1n) is 4.99. The molecule has 3 nitrogen and oxygen atoms in total. The van der Waals surface area contributed by atoms with Crippen LogP contribution in [0.15, 0.2) is 18.2 Å². The molecule has 84 valence electrons. The van der Waals surface area contributed by atoms with Crippen molar-refractivity contribution in [1.82, 2.24) is 4.90 Å². The molecule has 1 amide bonds. The average molecular weight is 217 g/mol. The van der Waals surface area contributed by atoms with Crippen LogP contribution in [0.25, 0.3) is 0 Å². The summed E-state index contributed by atoms with van der Waals surface area (Å²) in [7, 11) is 3.43. The van der Waals surface area contributed by atoms with Gasteiger partial charge in [-0.05, 0) is 24.6 Å². The third-order valence-electron chi connectivity index (χ3n) is 2.27. The van der Waals surface area contributed by atoms with Gasteiger partial charge in [-0.3, -0.25) is 4.79 Å². The molecule has 0 heterocycles. The highest BCUT2D eigenvalue weighted by atomic mass is 16.2. The van der Waals surface area contributed by atoms with E-state index in [1.165, 1.54) is 4.90 Å². The van der Waals surface area contributed by atoms with E-state index in [4.69, 9.17) is 5.11 Å². The predicted molar refractivity (Wildman–Crippen MR) is 63.2 cm³/mol. The molecule has 0 atom stereocenters. The summed E-state index contributed by atoms with van der Waals surface area (Å²) in [4.78, 5) is 13.4. The molecule has 0 aliphatic carbocycles. The molecule has 0 saturated carbocycles. The van der Waals surface area contributed by atoms with Crippen molar-refractivity contribution in [3.05, 3.63) is 34.9 Å². The van der Waals surface area contributed by atoms with Crippen LogP contribution in [-0.2, 0) is 0 Å². The van der Waals surface area contributed by atoms with Gasteiger partial charge < -0.3 is 10.0 Å². The second-order valence-electron chi connectivity index (χ2n) is 3.64. The van der Waals surface area contributed by atoms with Gasteiger partial charge in [-0.25, -0.2) is 0 Å². The second kappa shape index (κ2) is 5.34. The summed E-state index contributed by atoms with van der Waals surface area (Å²) in [5.74, 6) is 5.37. The van der Waals surface area contributed by atoms with Crippen LogP contribution >= 0.6 is 0 Å². The Morgan fingerprint density at radius 1 is 1.44 bits per heavy atom. The number of carbonyl (C=O) groups is 1. The molecule has 0 aliphatic heterocycles. The van der Waals surface area contributed by atoms with Crippen LogP contribution in [-0.4, -0.2) is 36.6 Å². The lowest BCUT2D eigenvalue weighted by Gasteiger charge is -2.13. The van der Waals surface area contributed by atoms with Crippen molar-refractivity contribution >= 4 is 5.91 Å². The molecule has 0 radical (unpaired) electrons. The third kappa shape index (κ3) is 2.62. The van der Waals surface area contributed by atoms with E-state index in [2.05, 4.69) is 11.8 Å². The maximum Gasteiger partial charge on any atom is 0.253 e. The number of carbonyl (C=O) groups excluding carboxylic acids is 1. The first-order valence-corrected chi connectivity index (χ1v) is 4.99. The van der Waals surface area contributed by atoms with Gasteiger partial charge in [-0.2, -0.15) is 0 Å². The van der Waals surface area contributed by atoms with Gasteiger partial charge >= 0.3 is 0 Å². The number of nitrogens with zero attached hydrogens (tertiary/aromatic N) is 1. The van der Waals surface area contributed by atoms with E-state index in [0.717, 1.165) is 11.1 Å². The van der Waals surface area contributed by atoms with Gasteiger partial charge in [0.1, 0.15) is 6.61 Å². The Hall–Kier alpha value is -1.79. The molecule has 1 N–H and O–H groups in total. The van der Waals surface area contributed by atoms with Gasteiger partial charge in [0, 0.05) is 25.2 Å².